The Morgan fingerprint density at radius 2 is 1.70 bits per heavy atom. The van der Waals surface area contributed by atoms with Crippen LogP contribution in [0.4, 0.5) is 13.2 Å². The maximum absolute atomic E-state index is 13.6. The molecule has 1 atom stereocenters. The third-order valence-electron chi connectivity index (χ3n) is 9.22. The van der Waals surface area contributed by atoms with Crippen molar-refractivity contribution in [3.05, 3.63) is 76.6 Å². The Morgan fingerprint density at radius 3 is 2.38 bits per heavy atom. The highest BCUT2D eigenvalue weighted by Gasteiger charge is 2.54. The lowest BCUT2D eigenvalue weighted by molar-refractivity contribution is -0.111. The summed E-state index contributed by atoms with van der Waals surface area (Å²) >= 11 is 0. The van der Waals surface area contributed by atoms with Crippen LogP contribution in [0.2, 0.25) is 0 Å². The Bertz CT molecular complexity index is 1300. The van der Waals surface area contributed by atoms with Gasteiger partial charge in [0.25, 0.3) is 0 Å². The summed E-state index contributed by atoms with van der Waals surface area (Å²) in [7, 11) is 0. The van der Waals surface area contributed by atoms with Crippen LogP contribution in [0.1, 0.15) is 79.0 Å². The fourth-order valence-electron chi connectivity index (χ4n) is 7.26. The van der Waals surface area contributed by atoms with Crippen LogP contribution in [-0.4, -0.2) is 23.2 Å². The molecule has 1 aromatic heterocycles. The van der Waals surface area contributed by atoms with Crippen molar-refractivity contribution in [2.75, 3.05) is 0 Å². The normalized spacial score (nSPS) is 27.9. The first-order valence-electron chi connectivity index (χ1n) is 13.3. The minimum Gasteiger partial charge on any atom is -0.298 e. The van der Waals surface area contributed by atoms with Gasteiger partial charge in [-0.2, -0.15) is 13.2 Å². The smallest absolute Gasteiger partial charge is 0.298 e. The summed E-state index contributed by atoms with van der Waals surface area (Å²) in [6, 6.07) is 12.1. The topological polar surface area (TPSA) is 47.0 Å². The molecule has 0 bridgehead atoms. The van der Waals surface area contributed by atoms with Gasteiger partial charge in [-0.05, 0) is 73.1 Å². The number of carbonyl (C=O) groups is 2. The molecular formula is C31H30F3NO2. The van der Waals surface area contributed by atoms with E-state index in [4.69, 9.17) is 4.98 Å². The van der Waals surface area contributed by atoms with E-state index in [0.717, 1.165) is 41.4 Å². The number of halogens is 3. The van der Waals surface area contributed by atoms with E-state index in [1.807, 2.05) is 30.3 Å². The van der Waals surface area contributed by atoms with Gasteiger partial charge < -0.3 is 0 Å². The summed E-state index contributed by atoms with van der Waals surface area (Å²) in [5, 5.41) is 0. The van der Waals surface area contributed by atoms with Gasteiger partial charge in [0.05, 0.1) is 5.69 Å². The highest BCUT2D eigenvalue weighted by molar-refractivity contribution is 6.04. The van der Waals surface area contributed by atoms with Gasteiger partial charge in [-0.15, -0.1) is 0 Å². The fourth-order valence-corrected chi connectivity index (χ4v) is 7.26. The van der Waals surface area contributed by atoms with E-state index in [2.05, 4.69) is 6.07 Å². The highest BCUT2D eigenvalue weighted by atomic mass is 19.4. The number of aldehydes is 1. The zero-order valence-electron chi connectivity index (χ0n) is 20.7. The molecule has 0 aliphatic heterocycles. The van der Waals surface area contributed by atoms with Crippen molar-refractivity contribution in [3.8, 4) is 11.1 Å². The van der Waals surface area contributed by atoms with Crippen LogP contribution in [0, 0.1) is 17.3 Å². The van der Waals surface area contributed by atoms with Gasteiger partial charge in [0, 0.05) is 34.6 Å². The van der Waals surface area contributed by atoms with Crippen LogP contribution in [0.15, 0.2) is 59.7 Å². The molecule has 37 heavy (non-hydrogen) atoms. The van der Waals surface area contributed by atoms with Crippen LogP contribution < -0.4 is 0 Å². The second-order valence-corrected chi connectivity index (χ2v) is 11.4. The van der Waals surface area contributed by atoms with E-state index in [1.165, 1.54) is 18.9 Å². The molecule has 1 heterocycles. The number of hydrogen-bond acceptors (Lipinski definition) is 3. The maximum Gasteiger partial charge on any atom is 0.412 e. The number of ketones is 1. The largest absolute Gasteiger partial charge is 0.412 e. The predicted molar refractivity (Wildman–Crippen MR) is 135 cm³/mol. The number of aromatic nitrogens is 1. The third-order valence-corrected chi connectivity index (χ3v) is 9.22. The second-order valence-electron chi connectivity index (χ2n) is 11.4. The number of nitrogens with zero attached hydrogens (tertiary/aromatic N) is 1. The Balaban J connectivity index is 1.29. The van der Waals surface area contributed by atoms with Crippen LogP contribution in [-0.2, 0) is 11.2 Å². The minimum atomic E-state index is -4.39. The van der Waals surface area contributed by atoms with Gasteiger partial charge in [0.1, 0.15) is 6.29 Å². The Kier molecular flexibility index (Phi) is 5.96. The van der Waals surface area contributed by atoms with Gasteiger partial charge in [-0.1, -0.05) is 55.3 Å². The summed E-state index contributed by atoms with van der Waals surface area (Å²) in [4.78, 5) is 30.3. The number of rotatable bonds is 4. The molecular weight excluding hydrogens is 475 g/mol. The Labute approximate surface area is 214 Å². The summed E-state index contributed by atoms with van der Waals surface area (Å²) in [6.07, 6.45) is 5.20. The minimum absolute atomic E-state index is 0.0359. The number of hydrogen-bond donors (Lipinski definition) is 0. The summed E-state index contributed by atoms with van der Waals surface area (Å²) in [5.74, 6) is 0.617. The summed E-state index contributed by atoms with van der Waals surface area (Å²) in [6.45, 7) is 0. The van der Waals surface area contributed by atoms with Gasteiger partial charge in [0.15, 0.2) is 5.78 Å². The standard InChI is InChI=1S/C31H30F3NO2/c32-31(33,34)23-10-11-24(18-36)30(17-23)15-22(16-30)21-12-27-29(28(37)13-21)25(19-6-2-1-3-7-19)14-26(35-27)20-8-4-5-9-20/h1-3,6-7,10-11,14,18,20-22H,4-5,8-9,12-13,15-17H2. The molecule has 1 unspecified atom stereocenters. The summed E-state index contributed by atoms with van der Waals surface area (Å²) in [5.41, 5.74) is 3.71. The monoisotopic (exact) mass is 505 g/mol. The van der Waals surface area contributed by atoms with Crippen LogP contribution in [0.3, 0.4) is 0 Å². The van der Waals surface area contributed by atoms with Gasteiger partial charge in [-0.3, -0.25) is 14.6 Å². The molecule has 6 heteroatoms. The molecule has 1 spiro atoms. The van der Waals surface area contributed by atoms with Crippen LogP contribution in [0.5, 0.6) is 0 Å². The molecule has 6 rings (SSSR count). The Morgan fingerprint density at radius 1 is 0.973 bits per heavy atom. The van der Waals surface area contributed by atoms with E-state index in [-0.39, 0.29) is 24.0 Å². The molecule has 2 fully saturated rings. The zero-order valence-corrected chi connectivity index (χ0v) is 20.7. The van der Waals surface area contributed by atoms with E-state index in [1.54, 1.807) is 0 Å². The molecule has 2 aromatic rings. The van der Waals surface area contributed by atoms with E-state index in [0.29, 0.717) is 49.0 Å². The first kappa shape index (κ1) is 24.3. The molecule has 0 N–H and O–H groups in total. The molecule has 4 aliphatic carbocycles. The number of carbonyl (C=O) groups excluding carboxylic acids is 2. The van der Waals surface area contributed by atoms with Crippen molar-refractivity contribution in [2.24, 2.45) is 17.3 Å². The first-order valence-corrected chi connectivity index (χ1v) is 13.3. The molecule has 0 amide bonds. The van der Waals surface area contributed by atoms with Crippen molar-refractivity contribution >= 4 is 12.1 Å². The number of benzene rings is 1. The lowest BCUT2D eigenvalue weighted by atomic mass is 9.51. The Hall–Kier alpha value is -3.02. The van der Waals surface area contributed by atoms with Crippen LogP contribution >= 0.6 is 0 Å². The van der Waals surface area contributed by atoms with Crippen molar-refractivity contribution < 1.29 is 22.8 Å². The average molecular weight is 506 g/mol. The van der Waals surface area contributed by atoms with Crippen molar-refractivity contribution in [1.82, 2.24) is 4.98 Å². The molecule has 1 aromatic carbocycles. The quantitative estimate of drug-likeness (QED) is 0.403. The lowest BCUT2D eigenvalue weighted by Crippen LogP contribution is -2.46. The molecule has 0 radical (unpaired) electrons. The van der Waals surface area contributed by atoms with Gasteiger partial charge in [0.2, 0.25) is 0 Å². The molecule has 0 saturated heterocycles. The SMILES string of the molecule is O=CC1=CC=C(C(F)(F)F)CC12CC(C1CC(=O)c3c(-c4ccccc4)cc(C4CCCC4)nc3C1)C2. The predicted octanol–water partition coefficient (Wildman–Crippen LogP) is 7.57. The van der Waals surface area contributed by atoms with E-state index >= 15 is 0 Å². The maximum atomic E-state index is 13.6. The molecule has 3 nitrogen and oxygen atoms in total. The average Bonchev–Trinajstić information content (AvgIpc) is 3.41. The van der Waals surface area contributed by atoms with Crippen molar-refractivity contribution in [1.29, 1.82) is 0 Å². The third kappa shape index (κ3) is 4.28. The second kappa shape index (κ2) is 9.07. The number of pyridine rings is 1. The fraction of sp³-hybridized carbons (Fsp3) is 0.452. The van der Waals surface area contributed by atoms with E-state index < -0.39 is 17.2 Å². The first-order chi connectivity index (χ1) is 17.8. The zero-order chi connectivity index (χ0) is 25.8. The molecule has 192 valence electrons. The lowest BCUT2D eigenvalue weighted by Gasteiger charge is -2.53. The number of fused-ring (bicyclic) bond motifs is 1. The number of alkyl halides is 3. The van der Waals surface area contributed by atoms with Crippen molar-refractivity contribution in [2.45, 2.75) is 69.9 Å². The highest BCUT2D eigenvalue weighted by Crippen LogP contribution is 2.60. The molecule has 4 aliphatic rings. The number of allylic oxidation sites excluding steroid dienone is 4. The van der Waals surface area contributed by atoms with Crippen LogP contribution in [0.25, 0.3) is 11.1 Å². The van der Waals surface area contributed by atoms with Gasteiger partial charge in [-0.25, -0.2) is 0 Å². The number of Topliss-reactive ketones (excluding diaryl/α,β-unsaturated/α-hetero) is 1. The van der Waals surface area contributed by atoms with E-state index in [9.17, 15) is 22.8 Å². The summed E-state index contributed by atoms with van der Waals surface area (Å²) < 4.78 is 40.3. The van der Waals surface area contributed by atoms with Crippen molar-refractivity contribution in [3.63, 3.8) is 0 Å². The molecule has 2 saturated carbocycles. The van der Waals surface area contributed by atoms with Gasteiger partial charge >= 0.3 is 6.18 Å².